The molecule has 2 N–H and O–H groups in total. The van der Waals surface area contributed by atoms with E-state index in [9.17, 15) is 25.9 Å². The molecule has 2 aliphatic heterocycles. The molecular formula is C29H31N2O6S6+. The van der Waals surface area contributed by atoms with Gasteiger partial charge in [-0.2, -0.15) is 21.4 Å². The molecule has 1 aliphatic carbocycles. The van der Waals surface area contributed by atoms with Crippen molar-refractivity contribution in [3.8, 4) is 0 Å². The summed E-state index contributed by atoms with van der Waals surface area (Å²) in [4.78, 5) is 4.42. The summed E-state index contributed by atoms with van der Waals surface area (Å²) >= 11 is 6.78. The van der Waals surface area contributed by atoms with Crippen molar-refractivity contribution in [1.82, 2.24) is 0 Å². The van der Waals surface area contributed by atoms with Gasteiger partial charge >= 0.3 is 0 Å². The second kappa shape index (κ2) is 12.5. The largest absolute Gasteiger partial charge is 0.334 e. The molecule has 4 heterocycles. The number of hydrogen-bond donors (Lipinski definition) is 2. The van der Waals surface area contributed by atoms with Crippen molar-refractivity contribution < 1.29 is 30.5 Å². The Morgan fingerprint density at radius 3 is 2.63 bits per heavy atom. The Morgan fingerprint density at radius 2 is 1.86 bits per heavy atom. The minimum Gasteiger partial charge on any atom is -0.334 e. The molecular weight excluding hydrogens is 665 g/mol. The van der Waals surface area contributed by atoms with Gasteiger partial charge in [0.25, 0.3) is 25.2 Å². The third kappa shape index (κ3) is 6.86. The van der Waals surface area contributed by atoms with Crippen LogP contribution in [-0.4, -0.2) is 49.2 Å². The van der Waals surface area contributed by atoms with Crippen molar-refractivity contribution in [3.63, 3.8) is 0 Å². The lowest BCUT2D eigenvalue weighted by Crippen LogP contribution is -2.42. The fourth-order valence-electron chi connectivity index (χ4n) is 5.63. The molecule has 0 amide bonds. The lowest BCUT2D eigenvalue weighted by atomic mass is 9.95. The molecule has 2 atom stereocenters. The number of fused-ring (bicyclic) bond motifs is 6. The number of thiophene rings is 1. The quantitative estimate of drug-likeness (QED) is 0.165. The number of aromatic nitrogens is 1. The second-order valence-electron chi connectivity index (χ2n) is 10.5. The van der Waals surface area contributed by atoms with Gasteiger partial charge in [0.15, 0.2) is 6.54 Å². The average molecular weight is 696 g/mol. The number of nitrogens with zero attached hydrogens (tertiary/aromatic N) is 2. The highest BCUT2D eigenvalue weighted by molar-refractivity contribution is 8.03. The van der Waals surface area contributed by atoms with Crippen molar-refractivity contribution in [2.45, 2.75) is 48.8 Å². The fraction of sp³-hybridized carbons (Fsp3) is 0.345. The first-order chi connectivity index (χ1) is 20.5. The van der Waals surface area contributed by atoms with Gasteiger partial charge in [-0.1, -0.05) is 42.2 Å². The number of benzene rings is 1. The molecule has 3 aliphatic rings. The molecule has 0 saturated carbocycles. The first kappa shape index (κ1) is 31.1. The zero-order chi connectivity index (χ0) is 30.4. The predicted octanol–water partition coefficient (Wildman–Crippen LogP) is 6.79. The van der Waals surface area contributed by atoms with Crippen LogP contribution in [0.1, 0.15) is 47.7 Å². The third-order valence-corrected chi connectivity index (χ3v) is 13.3. The number of anilines is 1. The molecule has 228 valence electrons. The van der Waals surface area contributed by atoms with Gasteiger partial charge in [-0.15, -0.1) is 23.1 Å². The van der Waals surface area contributed by atoms with Crippen LogP contribution in [0, 0.1) is 0 Å². The molecule has 1 aromatic carbocycles. The maximum absolute atomic E-state index is 11.5. The van der Waals surface area contributed by atoms with Crippen molar-refractivity contribution >= 4 is 94.4 Å². The van der Waals surface area contributed by atoms with Crippen molar-refractivity contribution in [3.05, 3.63) is 73.4 Å². The minimum absolute atomic E-state index is 0.212. The molecule has 8 nitrogen and oxygen atoms in total. The highest BCUT2D eigenvalue weighted by atomic mass is 32.2. The van der Waals surface area contributed by atoms with Gasteiger partial charge < -0.3 is 4.90 Å². The summed E-state index contributed by atoms with van der Waals surface area (Å²) in [5.74, 6) is -0.388. The molecule has 0 bridgehead atoms. The van der Waals surface area contributed by atoms with Crippen LogP contribution in [0.15, 0.2) is 62.7 Å². The lowest BCUT2D eigenvalue weighted by molar-refractivity contribution is -0.701. The Kier molecular flexibility index (Phi) is 9.02. The minimum atomic E-state index is -4.07. The zero-order valence-corrected chi connectivity index (χ0v) is 28.1. The molecule has 14 heteroatoms. The van der Waals surface area contributed by atoms with Crippen LogP contribution in [0.2, 0.25) is 0 Å². The monoisotopic (exact) mass is 695 g/mol. The van der Waals surface area contributed by atoms with Gasteiger partial charge in [0, 0.05) is 39.3 Å². The summed E-state index contributed by atoms with van der Waals surface area (Å²) in [6.07, 6.45) is 12.3. The van der Waals surface area contributed by atoms with Crippen molar-refractivity contribution in [1.29, 1.82) is 0 Å². The summed E-state index contributed by atoms with van der Waals surface area (Å²) in [6.45, 7) is 3.01. The molecule has 0 fully saturated rings. The van der Waals surface area contributed by atoms with Gasteiger partial charge in [0.1, 0.15) is 4.88 Å². The van der Waals surface area contributed by atoms with Gasteiger partial charge in [0.05, 0.1) is 28.1 Å². The highest BCUT2D eigenvalue weighted by Crippen LogP contribution is 2.51. The summed E-state index contributed by atoms with van der Waals surface area (Å²) in [5.41, 5.74) is 3.32. The topological polar surface area (TPSA) is 116 Å². The molecule has 6 rings (SSSR count). The Hall–Kier alpha value is -1.91. The summed E-state index contributed by atoms with van der Waals surface area (Å²) in [5, 5.41) is 7.63. The third-order valence-electron chi connectivity index (χ3n) is 7.57. The number of allylic oxidation sites excluding steroid dienone is 3. The van der Waals surface area contributed by atoms with Crippen molar-refractivity contribution in [2.24, 2.45) is 0 Å². The van der Waals surface area contributed by atoms with Crippen LogP contribution in [0.25, 0.3) is 22.2 Å². The SMILES string of the molecule is CCC(=C\c1sc2c([n+]1CCCS(=O)(=O)O)C1C=CSC1C=C2)/C=C1/Sc2ccc3sccc3c2N1CCCS(=O)(=O)O. The normalized spacial score (nSPS) is 20.8. The van der Waals surface area contributed by atoms with E-state index in [1.165, 1.54) is 5.69 Å². The number of rotatable bonds is 11. The summed E-state index contributed by atoms with van der Waals surface area (Å²) in [6, 6.07) is 6.32. The van der Waals surface area contributed by atoms with Crippen LogP contribution in [0.4, 0.5) is 5.69 Å². The molecule has 2 unspecified atom stereocenters. The summed E-state index contributed by atoms with van der Waals surface area (Å²) in [7, 11) is -8.13. The van der Waals surface area contributed by atoms with E-state index in [0.717, 1.165) is 47.6 Å². The Labute approximate surface area is 268 Å². The van der Waals surface area contributed by atoms with E-state index in [1.807, 2.05) is 0 Å². The molecule has 43 heavy (non-hydrogen) atoms. The Bertz CT molecular complexity index is 1900. The van der Waals surface area contributed by atoms with Crippen LogP contribution >= 0.6 is 46.2 Å². The molecule has 0 saturated heterocycles. The molecule has 2 aromatic heterocycles. The van der Waals surface area contributed by atoms with Crippen LogP contribution in [0.3, 0.4) is 0 Å². The smallest absolute Gasteiger partial charge is 0.265 e. The van der Waals surface area contributed by atoms with Gasteiger partial charge in [0.2, 0.25) is 5.69 Å². The van der Waals surface area contributed by atoms with Crippen molar-refractivity contribution in [2.75, 3.05) is 23.0 Å². The number of thiazole rings is 1. The van der Waals surface area contributed by atoms with Crippen LogP contribution in [0.5, 0.6) is 0 Å². The first-order valence-corrected chi connectivity index (χ1v) is 20.5. The standard InChI is InChI=1S/C29H30N2O6S6/c1-2-19(17-26-30(11-3-15-42(32,33)34)28-20-9-13-38-22(20)5-7-24(28)40-26)18-27-31(12-4-16-43(35,36)37)29-21-10-14-39-23(21)6-8-25(29)41-27/h5-10,13-14,17-18,20,22H,2-4,11-12,15-16H2,1H3,(H-,32,33,34,35,36,37)/p+1. The average Bonchev–Trinajstić information content (AvgIpc) is 3.71. The number of hydrogen-bond acceptors (Lipinski definition) is 9. The van der Waals surface area contributed by atoms with E-state index < -0.39 is 20.2 Å². The maximum atomic E-state index is 11.5. The first-order valence-electron chi connectivity index (χ1n) is 13.9. The molecule has 3 aromatic rings. The van der Waals surface area contributed by atoms with E-state index in [0.29, 0.717) is 24.8 Å². The predicted molar refractivity (Wildman–Crippen MR) is 180 cm³/mol. The van der Waals surface area contributed by atoms with Crippen LogP contribution < -0.4 is 9.47 Å². The maximum Gasteiger partial charge on any atom is 0.265 e. The zero-order valence-electron chi connectivity index (χ0n) is 23.2. The van der Waals surface area contributed by atoms with Crippen LogP contribution in [-0.2, 0) is 26.8 Å². The Morgan fingerprint density at radius 1 is 1.07 bits per heavy atom. The molecule has 0 radical (unpaired) electrons. The number of thioether (sulfide) groups is 2. The lowest BCUT2D eigenvalue weighted by Gasteiger charge is -2.21. The van der Waals surface area contributed by atoms with E-state index >= 15 is 0 Å². The van der Waals surface area contributed by atoms with E-state index in [1.54, 1.807) is 46.2 Å². The molecule has 0 spiro atoms. The van der Waals surface area contributed by atoms with Gasteiger partial charge in [-0.25, -0.2) is 0 Å². The van der Waals surface area contributed by atoms with Gasteiger partial charge in [-0.05, 0) is 59.6 Å². The van der Waals surface area contributed by atoms with E-state index in [2.05, 4.69) is 75.8 Å². The highest BCUT2D eigenvalue weighted by Gasteiger charge is 2.38. The summed E-state index contributed by atoms with van der Waals surface area (Å²) < 4.78 is 68.1. The Balaban J connectivity index is 1.38. The van der Waals surface area contributed by atoms with Gasteiger partial charge in [-0.3, -0.25) is 9.11 Å². The fourth-order valence-corrected chi connectivity index (χ4v) is 10.8. The van der Waals surface area contributed by atoms with E-state index in [4.69, 9.17) is 0 Å². The van der Waals surface area contributed by atoms with E-state index in [-0.39, 0.29) is 23.8 Å². The second-order valence-corrected chi connectivity index (χ2v) is 17.8.